The average Bonchev–Trinajstić information content (AvgIpc) is 2.60. The van der Waals surface area contributed by atoms with Gasteiger partial charge in [-0.2, -0.15) is 8.42 Å². The van der Waals surface area contributed by atoms with Crippen LogP contribution >= 0.6 is 0 Å². The highest BCUT2D eigenvalue weighted by atomic mass is 32.2. The molecule has 0 fully saturated rings. The van der Waals surface area contributed by atoms with E-state index in [9.17, 15) is 18.1 Å². The van der Waals surface area contributed by atoms with E-state index in [1.165, 1.54) is 57.8 Å². The van der Waals surface area contributed by atoms with Gasteiger partial charge >= 0.3 is 0 Å². The van der Waals surface area contributed by atoms with Gasteiger partial charge in [-0.1, -0.05) is 97.3 Å². The van der Waals surface area contributed by atoms with E-state index in [0.29, 0.717) is 25.7 Å². The molecule has 0 heterocycles. The Morgan fingerprint density at radius 2 is 1.04 bits per heavy atom. The number of rotatable bonds is 20. The quantitative estimate of drug-likeness (QED) is 0.175. The predicted octanol–water partition coefficient (Wildman–Crippen LogP) is 6.67. The highest BCUT2D eigenvalue weighted by Gasteiger charge is 2.22. The van der Waals surface area contributed by atoms with Gasteiger partial charge in [0.1, 0.15) is 0 Å². The molecule has 0 rings (SSSR count). The second-order valence-electron chi connectivity index (χ2n) is 8.19. The maximum Gasteiger partial charge on any atom is 0.267 e. The van der Waals surface area contributed by atoms with Crippen molar-refractivity contribution in [1.29, 1.82) is 0 Å². The molecule has 2 atom stereocenters. The van der Waals surface area contributed by atoms with Crippen molar-refractivity contribution in [2.75, 3.05) is 0 Å². The van der Waals surface area contributed by atoms with Gasteiger partial charge in [0.05, 0.1) is 11.4 Å². The summed E-state index contributed by atoms with van der Waals surface area (Å²) >= 11 is 0. The summed E-state index contributed by atoms with van der Waals surface area (Å²) in [5, 5.41) is 9.08. The van der Waals surface area contributed by atoms with Crippen LogP contribution in [0.2, 0.25) is 0 Å². The van der Waals surface area contributed by atoms with E-state index in [0.717, 1.165) is 32.1 Å². The molecule has 0 spiro atoms. The molecule has 0 saturated heterocycles. The van der Waals surface area contributed by atoms with Gasteiger partial charge in [0.15, 0.2) is 0 Å². The van der Waals surface area contributed by atoms with Crippen LogP contribution in [0.3, 0.4) is 0 Å². The Bertz CT molecular complexity index is 409. The maximum atomic E-state index is 11.6. The Balaban J connectivity index is 3.68. The highest BCUT2D eigenvalue weighted by Crippen LogP contribution is 2.19. The first-order valence-electron chi connectivity index (χ1n) is 11.6. The smallest absolute Gasteiger partial charge is 0.267 e. The predicted molar refractivity (Wildman–Crippen MR) is 116 cm³/mol. The van der Waals surface area contributed by atoms with Crippen molar-refractivity contribution in [1.82, 2.24) is 0 Å². The van der Waals surface area contributed by atoms with Gasteiger partial charge < -0.3 is 5.11 Å². The fraction of sp³-hybridized carbons (Fsp3) is 1.00. The van der Waals surface area contributed by atoms with E-state index in [4.69, 9.17) is 0 Å². The molecule has 2 N–H and O–H groups in total. The van der Waals surface area contributed by atoms with Gasteiger partial charge in [-0.15, -0.1) is 0 Å². The molecule has 0 aliphatic rings. The summed E-state index contributed by atoms with van der Waals surface area (Å²) in [7, 11) is -3.97. The molecule has 0 saturated carbocycles. The fourth-order valence-corrected chi connectivity index (χ4v) is 4.64. The first-order valence-corrected chi connectivity index (χ1v) is 13.1. The Morgan fingerprint density at radius 3 is 1.48 bits per heavy atom. The molecule has 5 heteroatoms. The van der Waals surface area contributed by atoms with Crippen LogP contribution in [0.4, 0.5) is 0 Å². The lowest BCUT2D eigenvalue weighted by Crippen LogP contribution is -2.21. The largest absolute Gasteiger partial charge is 0.393 e. The number of aliphatic hydroxyl groups excluding tert-OH is 1. The van der Waals surface area contributed by atoms with Crippen molar-refractivity contribution in [3.8, 4) is 0 Å². The number of unbranched alkanes of at least 4 members (excludes halogenated alkanes) is 11. The zero-order valence-corrected chi connectivity index (χ0v) is 18.8. The molecule has 0 amide bonds. The van der Waals surface area contributed by atoms with Crippen molar-refractivity contribution in [2.45, 2.75) is 141 Å². The molecule has 0 aromatic rings. The standard InChI is InChI=1S/C22H46O4S/c1-3-5-6-7-8-9-10-11-12-13-14-15-19-22(27(24,25)26)20-16-18-21(23)17-4-2/h21-23H,3-20H2,1-2H3,(H,24,25,26). The zero-order valence-electron chi connectivity index (χ0n) is 18.0. The van der Waals surface area contributed by atoms with Crippen LogP contribution in [0.25, 0.3) is 0 Å². The second-order valence-corrected chi connectivity index (χ2v) is 9.88. The molecular formula is C22H46O4S. The lowest BCUT2D eigenvalue weighted by atomic mass is 10.0. The second kappa shape index (κ2) is 17.9. The van der Waals surface area contributed by atoms with Crippen molar-refractivity contribution >= 4 is 10.1 Å². The average molecular weight is 407 g/mol. The minimum atomic E-state index is -3.97. The first kappa shape index (κ1) is 26.9. The number of hydrogen-bond acceptors (Lipinski definition) is 3. The Hall–Kier alpha value is -0.130. The molecule has 2 unspecified atom stereocenters. The van der Waals surface area contributed by atoms with E-state index in [2.05, 4.69) is 6.92 Å². The summed E-state index contributed by atoms with van der Waals surface area (Å²) in [6, 6.07) is 0. The van der Waals surface area contributed by atoms with Gasteiger partial charge in [-0.25, -0.2) is 0 Å². The van der Waals surface area contributed by atoms with Gasteiger partial charge in [-0.05, 0) is 32.1 Å². The Labute approximate surface area is 169 Å². The first-order chi connectivity index (χ1) is 12.9. The summed E-state index contributed by atoms with van der Waals surface area (Å²) < 4.78 is 32.5. The van der Waals surface area contributed by atoms with Crippen molar-refractivity contribution in [3.05, 3.63) is 0 Å². The monoisotopic (exact) mass is 406 g/mol. The number of aliphatic hydroxyl groups is 1. The van der Waals surface area contributed by atoms with Crippen molar-refractivity contribution < 1.29 is 18.1 Å². The van der Waals surface area contributed by atoms with E-state index in [-0.39, 0.29) is 6.10 Å². The zero-order chi connectivity index (χ0) is 20.4. The molecule has 0 aliphatic heterocycles. The minimum absolute atomic E-state index is 0.344. The topological polar surface area (TPSA) is 74.6 Å². The van der Waals surface area contributed by atoms with E-state index < -0.39 is 15.4 Å². The molecular weight excluding hydrogens is 360 g/mol. The third-order valence-corrected chi connectivity index (χ3v) is 6.80. The summed E-state index contributed by atoms with van der Waals surface area (Å²) in [6.07, 6.45) is 18.6. The molecule has 0 aliphatic carbocycles. The van der Waals surface area contributed by atoms with Crippen LogP contribution in [0.15, 0.2) is 0 Å². The molecule has 0 bridgehead atoms. The molecule has 0 aromatic carbocycles. The highest BCUT2D eigenvalue weighted by molar-refractivity contribution is 7.86. The summed E-state index contributed by atoms with van der Waals surface area (Å²) in [5.74, 6) is 0. The summed E-state index contributed by atoms with van der Waals surface area (Å²) in [6.45, 7) is 4.27. The molecule has 0 radical (unpaired) electrons. The number of hydrogen-bond donors (Lipinski definition) is 2. The lowest BCUT2D eigenvalue weighted by Gasteiger charge is -2.15. The van der Waals surface area contributed by atoms with Crippen LogP contribution in [0.5, 0.6) is 0 Å². The van der Waals surface area contributed by atoms with Gasteiger partial charge in [0, 0.05) is 0 Å². The summed E-state index contributed by atoms with van der Waals surface area (Å²) in [4.78, 5) is 0. The minimum Gasteiger partial charge on any atom is -0.393 e. The van der Waals surface area contributed by atoms with Crippen molar-refractivity contribution in [2.24, 2.45) is 0 Å². The van der Waals surface area contributed by atoms with Crippen LogP contribution in [0.1, 0.15) is 129 Å². The van der Waals surface area contributed by atoms with E-state index in [1.54, 1.807) is 0 Å². The van der Waals surface area contributed by atoms with Gasteiger partial charge in [-0.3, -0.25) is 4.55 Å². The van der Waals surface area contributed by atoms with E-state index in [1.807, 2.05) is 6.92 Å². The Kier molecular flexibility index (Phi) is 17.8. The molecule has 0 aromatic heterocycles. The van der Waals surface area contributed by atoms with Crippen LogP contribution in [-0.4, -0.2) is 29.4 Å². The summed E-state index contributed by atoms with van der Waals surface area (Å²) in [5.41, 5.74) is 0. The SMILES string of the molecule is CCCCCCCCCCCCCCC(CCCC(O)CCC)S(=O)(=O)O. The van der Waals surface area contributed by atoms with Crippen molar-refractivity contribution in [3.63, 3.8) is 0 Å². The van der Waals surface area contributed by atoms with Crippen LogP contribution in [0, 0.1) is 0 Å². The van der Waals surface area contributed by atoms with Gasteiger partial charge in [0.25, 0.3) is 10.1 Å². The molecule has 4 nitrogen and oxygen atoms in total. The third kappa shape index (κ3) is 17.7. The molecule has 27 heavy (non-hydrogen) atoms. The Morgan fingerprint density at radius 1 is 0.593 bits per heavy atom. The van der Waals surface area contributed by atoms with Crippen LogP contribution in [-0.2, 0) is 10.1 Å². The molecule has 164 valence electrons. The maximum absolute atomic E-state index is 11.6. The third-order valence-electron chi connectivity index (χ3n) is 5.49. The van der Waals surface area contributed by atoms with Gasteiger partial charge in [0.2, 0.25) is 0 Å². The lowest BCUT2D eigenvalue weighted by molar-refractivity contribution is 0.150. The normalized spacial score (nSPS) is 14.4. The van der Waals surface area contributed by atoms with E-state index >= 15 is 0 Å². The fourth-order valence-electron chi connectivity index (χ4n) is 3.71. The van der Waals surface area contributed by atoms with Crippen LogP contribution < -0.4 is 0 Å².